The first kappa shape index (κ1) is 14.5. The third-order valence-corrected chi connectivity index (χ3v) is 6.06. The van der Waals surface area contributed by atoms with Crippen LogP contribution in [0.5, 0.6) is 0 Å². The molecule has 2 aromatic carbocycles. The highest BCUT2D eigenvalue weighted by atomic mass is 79.9. The van der Waals surface area contributed by atoms with Crippen molar-refractivity contribution in [2.24, 2.45) is 0 Å². The highest BCUT2D eigenvalue weighted by Crippen LogP contribution is 2.55. The van der Waals surface area contributed by atoms with Crippen LogP contribution in [0.15, 0.2) is 40.9 Å². The molecule has 2 aliphatic rings. The zero-order valence-electron chi connectivity index (χ0n) is 12.3. The number of rotatable bonds is 1. The van der Waals surface area contributed by atoms with E-state index in [0.717, 1.165) is 4.47 Å². The first-order chi connectivity index (χ1) is 10.6. The Morgan fingerprint density at radius 1 is 0.909 bits per heavy atom. The van der Waals surface area contributed by atoms with Gasteiger partial charge in [-0.1, -0.05) is 65.5 Å². The van der Waals surface area contributed by atoms with E-state index in [1.54, 1.807) is 0 Å². The lowest BCUT2D eigenvalue weighted by atomic mass is 9.67. The van der Waals surface area contributed by atoms with Crippen molar-refractivity contribution in [1.29, 1.82) is 0 Å². The van der Waals surface area contributed by atoms with Gasteiger partial charge < -0.3 is 10.0 Å². The molecule has 22 heavy (non-hydrogen) atoms. The fourth-order valence-corrected chi connectivity index (χ4v) is 4.93. The monoisotopic (exact) mass is 356 g/mol. The molecule has 0 atom stereocenters. The Hall–Kier alpha value is -1.10. The molecule has 2 N–H and O–H groups in total. The fourth-order valence-electron chi connectivity index (χ4n) is 4.38. The summed E-state index contributed by atoms with van der Waals surface area (Å²) in [4.78, 5) is 0. The molecule has 0 saturated heterocycles. The molecule has 1 fully saturated rings. The summed E-state index contributed by atoms with van der Waals surface area (Å²) in [5.41, 5.74) is 5.86. The Balaban J connectivity index is 2.01. The maximum absolute atomic E-state index is 9.61. The van der Waals surface area contributed by atoms with E-state index in [2.05, 4.69) is 46.3 Å². The van der Waals surface area contributed by atoms with Gasteiger partial charge in [-0.3, -0.25) is 0 Å². The molecule has 0 aliphatic heterocycles. The maximum atomic E-state index is 9.61. The third kappa shape index (κ3) is 1.94. The van der Waals surface area contributed by atoms with Crippen LogP contribution in [-0.2, 0) is 5.41 Å². The van der Waals surface area contributed by atoms with Gasteiger partial charge in [0.15, 0.2) is 0 Å². The van der Waals surface area contributed by atoms with E-state index >= 15 is 0 Å². The SMILES string of the molecule is OB(O)c1cc2c(cc1Br)C1(CCCCC1)c1ccccc1-2. The van der Waals surface area contributed by atoms with Gasteiger partial charge in [0.25, 0.3) is 0 Å². The predicted octanol–water partition coefficient (Wildman–Crippen LogP) is 3.36. The molecular formula is C18H18BBrO2. The Kier molecular flexibility index (Phi) is 3.44. The summed E-state index contributed by atoms with van der Waals surface area (Å²) in [5.74, 6) is 0. The van der Waals surface area contributed by atoms with Gasteiger partial charge in [0.05, 0.1) is 0 Å². The van der Waals surface area contributed by atoms with Gasteiger partial charge in [-0.15, -0.1) is 0 Å². The van der Waals surface area contributed by atoms with Crippen molar-refractivity contribution in [2.75, 3.05) is 0 Å². The molecule has 2 aromatic rings. The highest BCUT2D eigenvalue weighted by molar-refractivity contribution is 9.10. The lowest BCUT2D eigenvalue weighted by molar-refractivity contribution is 0.352. The summed E-state index contributed by atoms with van der Waals surface area (Å²) in [6, 6.07) is 12.7. The van der Waals surface area contributed by atoms with Crippen molar-refractivity contribution >= 4 is 28.5 Å². The molecular weight excluding hydrogens is 339 g/mol. The summed E-state index contributed by atoms with van der Waals surface area (Å²) in [6.07, 6.45) is 6.20. The number of hydrogen-bond donors (Lipinski definition) is 2. The Bertz CT molecular complexity index is 736. The van der Waals surface area contributed by atoms with Gasteiger partial charge in [0.2, 0.25) is 0 Å². The van der Waals surface area contributed by atoms with E-state index in [0.29, 0.717) is 5.46 Å². The van der Waals surface area contributed by atoms with Crippen LogP contribution in [0.1, 0.15) is 43.2 Å². The topological polar surface area (TPSA) is 40.5 Å². The zero-order chi connectivity index (χ0) is 15.3. The van der Waals surface area contributed by atoms with Gasteiger partial charge in [-0.2, -0.15) is 0 Å². The van der Waals surface area contributed by atoms with Crippen molar-refractivity contribution in [3.63, 3.8) is 0 Å². The molecule has 4 rings (SSSR count). The lowest BCUT2D eigenvalue weighted by Crippen LogP contribution is -2.32. The summed E-state index contributed by atoms with van der Waals surface area (Å²) in [7, 11) is -1.45. The average molecular weight is 357 g/mol. The van der Waals surface area contributed by atoms with Gasteiger partial charge in [0.1, 0.15) is 0 Å². The average Bonchev–Trinajstić information content (AvgIpc) is 2.78. The number of hydrogen-bond acceptors (Lipinski definition) is 2. The van der Waals surface area contributed by atoms with Gasteiger partial charge in [0, 0.05) is 9.89 Å². The van der Waals surface area contributed by atoms with E-state index in [1.807, 2.05) is 6.07 Å². The zero-order valence-corrected chi connectivity index (χ0v) is 13.9. The van der Waals surface area contributed by atoms with Crippen LogP contribution in [0.25, 0.3) is 11.1 Å². The van der Waals surface area contributed by atoms with E-state index in [1.165, 1.54) is 54.4 Å². The molecule has 2 nitrogen and oxygen atoms in total. The normalized spacial score (nSPS) is 18.1. The molecule has 1 saturated carbocycles. The molecule has 0 unspecified atom stereocenters. The number of fused-ring (bicyclic) bond motifs is 5. The van der Waals surface area contributed by atoms with Crippen LogP contribution < -0.4 is 5.46 Å². The van der Waals surface area contributed by atoms with E-state index in [9.17, 15) is 10.0 Å². The number of benzene rings is 2. The van der Waals surface area contributed by atoms with Crippen molar-refractivity contribution in [3.8, 4) is 11.1 Å². The second-order valence-electron chi connectivity index (χ2n) is 6.48. The summed E-state index contributed by atoms with van der Waals surface area (Å²) in [6.45, 7) is 0. The molecule has 0 radical (unpaired) electrons. The van der Waals surface area contributed by atoms with Gasteiger partial charge in [-0.25, -0.2) is 0 Å². The first-order valence-electron chi connectivity index (χ1n) is 7.93. The lowest BCUT2D eigenvalue weighted by Gasteiger charge is -2.36. The Labute approximate surface area is 139 Å². The summed E-state index contributed by atoms with van der Waals surface area (Å²) < 4.78 is 0.791. The quantitative estimate of drug-likeness (QED) is 0.769. The summed E-state index contributed by atoms with van der Waals surface area (Å²) >= 11 is 3.53. The van der Waals surface area contributed by atoms with E-state index in [-0.39, 0.29) is 5.41 Å². The van der Waals surface area contributed by atoms with Crippen LogP contribution in [0.4, 0.5) is 0 Å². The van der Waals surface area contributed by atoms with Crippen LogP contribution in [0, 0.1) is 0 Å². The molecule has 0 aromatic heterocycles. The second kappa shape index (κ2) is 5.22. The van der Waals surface area contributed by atoms with E-state index < -0.39 is 7.12 Å². The second-order valence-corrected chi connectivity index (χ2v) is 7.34. The van der Waals surface area contributed by atoms with Crippen molar-refractivity contribution in [2.45, 2.75) is 37.5 Å². The largest absolute Gasteiger partial charge is 0.489 e. The maximum Gasteiger partial charge on any atom is 0.489 e. The summed E-state index contributed by atoms with van der Waals surface area (Å²) in [5, 5.41) is 19.2. The minimum atomic E-state index is -1.45. The first-order valence-corrected chi connectivity index (χ1v) is 8.73. The van der Waals surface area contributed by atoms with Gasteiger partial charge in [-0.05, 0) is 46.6 Å². The fraction of sp³-hybridized carbons (Fsp3) is 0.333. The van der Waals surface area contributed by atoms with E-state index in [4.69, 9.17) is 0 Å². The molecule has 0 bridgehead atoms. The van der Waals surface area contributed by atoms with Crippen LogP contribution in [0.2, 0.25) is 0 Å². The molecule has 4 heteroatoms. The molecule has 0 amide bonds. The minimum absolute atomic E-state index is 0.117. The number of halogens is 1. The van der Waals surface area contributed by atoms with Crippen molar-refractivity contribution < 1.29 is 10.0 Å². The van der Waals surface area contributed by atoms with Crippen molar-refractivity contribution in [3.05, 3.63) is 52.0 Å². The van der Waals surface area contributed by atoms with Gasteiger partial charge >= 0.3 is 7.12 Å². The molecule has 1 spiro atoms. The predicted molar refractivity (Wildman–Crippen MR) is 93.3 cm³/mol. The highest BCUT2D eigenvalue weighted by Gasteiger charge is 2.44. The smallest absolute Gasteiger partial charge is 0.423 e. The third-order valence-electron chi connectivity index (χ3n) is 5.37. The molecule has 112 valence electrons. The van der Waals surface area contributed by atoms with Crippen molar-refractivity contribution in [1.82, 2.24) is 0 Å². The molecule has 2 aliphatic carbocycles. The van der Waals surface area contributed by atoms with Crippen LogP contribution in [0.3, 0.4) is 0 Å². The Morgan fingerprint density at radius 3 is 2.36 bits per heavy atom. The Morgan fingerprint density at radius 2 is 1.64 bits per heavy atom. The van der Waals surface area contributed by atoms with Crippen LogP contribution >= 0.6 is 15.9 Å². The minimum Gasteiger partial charge on any atom is -0.423 e. The molecule has 0 heterocycles. The standard InChI is InChI=1S/C18H18BBrO2/c20-17-11-15-13(10-16(17)19(21)22)12-6-2-3-7-14(12)18(15)8-4-1-5-9-18/h2-3,6-7,10-11,21-22H,1,4-5,8-9H2. The van der Waals surface area contributed by atoms with Crippen LogP contribution in [-0.4, -0.2) is 17.2 Å².